The van der Waals surface area contributed by atoms with Gasteiger partial charge in [-0.2, -0.15) is 0 Å². The van der Waals surface area contributed by atoms with E-state index in [1.54, 1.807) is 19.3 Å². The lowest BCUT2D eigenvalue weighted by Crippen LogP contribution is -2.30. The van der Waals surface area contributed by atoms with Crippen LogP contribution in [0, 0.1) is 5.92 Å². The van der Waals surface area contributed by atoms with Gasteiger partial charge >= 0.3 is 0 Å². The second kappa shape index (κ2) is 6.42. The van der Waals surface area contributed by atoms with Crippen LogP contribution in [0.1, 0.15) is 42.4 Å². The summed E-state index contributed by atoms with van der Waals surface area (Å²) in [5.74, 6) is 0.489. The van der Waals surface area contributed by atoms with Crippen LogP contribution in [-0.4, -0.2) is 57.8 Å². The summed E-state index contributed by atoms with van der Waals surface area (Å²) in [7, 11) is 0. The molecule has 0 radical (unpaired) electrons. The van der Waals surface area contributed by atoms with Crippen LogP contribution in [0.4, 0.5) is 0 Å². The summed E-state index contributed by atoms with van der Waals surface area (Å²) in [6, 6.07) is 0. The van der Waals surface area contributed by atoms with Crippen molar-refractivity contribution >= 4 is 11.8 Å². The van der Waals surface area contributed by atoms with Crippen LogP contribution in [0.2, 0.25) is 0 Å². The van der Waals surface area contributed by atoms with Gasteiger partial charge in [0, 0.05) is 45.5 Å². The van der Waals surface area contributed by atoms with Crippen LogP contribution in [0.3, 0.4) is 0 Å². The Morgan fingerprint density at radius 1 is 1.14 bits per heavy atom. The van der Waals surface area contributed by atoms with Crippen LogP contribution in [0.5, 0.6) is 0 Å². The molecule has 22 heavy (non-hydrogen) atoms. The Hall–Kier alpha value is -1.98. The number of likely N-dealkylation sites (tertiary alicyclic amines) is 2. The molecule has 0 unspecified atom stereocenters. The lowest BCUT2D eigenvalue weighted by atomic mass is 10.0. The number of hydrogen-bond donors (Lipinski definition) is 0. The molecular weight excluding hydrogens is 280 g/mol. The summed E-state index contributed by atoms with van der Waals surface area (Å²) < 4.78 is 0. The lowest BCUT2D eigenvalue weighted by Gasteiger charge is -2.17. The van der Waals surface area contributed by atoms with E-state index in [-0.39, 0.29) is 11.8 Å². The topological polar surface area (TPSA) is 66.4 Å². The second-order valence-electron chi connectivity index (χ2n) is 6.17. The quantitative estimate of drug-likeness (QED) is 0.839. The zero-order valence-corrected chi connectivity index (χ0v) is 13.0. The maximum Gasteiger partial charge on any atom is 0.274 e. The van der Waals surface area contributed by atoms with Crippen molar-refractivity contribution in [3.63, 3.8) is 0 Å². The predicted octanol–water partition coefficient (Wildman–Crippen LogP) is 1.12. The number of hydrogen-bond acceptors (Lipinski definition) is 4. The molecule has 1 aromatic rings. The Bertz CT molecular complexity index is 569. The average Bonchev–Trinajstić information content (AvgIpc) is 3.18. The minimum Gasteiger partial charge on any atom is -0.343 e. The highest BCUT2D eigenvalue weighted by Crippen LogP contribution is 2.22. The van der Waals surface area contributed by atoms with Gasteiger partial charge in [0.05, 0.1) is 5.69 Å². The summed E-state index contributed by atoms with van der Waals surface area (Å²) in [5.41, 5.74) is 1.26. The van der Waals surface area contributed by atoms with Gasteiger partial charge < -0.3 is 9.80 Å². The standard InChI is InChI=1S/C16H22N4O2/c1-12(21)20-9-4-13(11-20)10-14-15(18-6-5-17-14)16(22)19-7-2-3-8-19/h5-6,13H,2-4,7-11H2,1H3/t13-/m0/s1. The molecule has 0 spiro atoms. The van der Waals surface area contributed by atoms with E-state index in [2.05, 4.69) is 9.97 Å². The zero-order valence-electron chi connectivity index (χ0n) is 13.0. The van der Waals surface area contributed by atoms with E-state index in [0.29, 0.717) is 18.0 Å². The molecule has 3 heterocycles. The van der Waals surface area contributed by atoms with Gasteiger partial charge in [-0.1, -0.05) is 0 Å². The minimum atomic E-state index is 0.00187. The van der Waals surface area contributed by atoms with E-state index in [0.717, 1.165) is 51.1 Å². The molecule has 0 bridgehead atoms. The third kappa shape index (κ3) is 3.10. The first-order valence-electron chi connectivity index (χ1n) is 8.00. The van der Waals surface area contributed by atoms with Crippen molar-refractivity contribution < 1.29 is 9.59 Å². The smallest absolute Gasteiger partial charge is 0.274 e. The fourth-order valence-electron chi connectivity index (χ4n) is 3.32. The van der Waals surface area contributed by atoms with E-state index >= 15 is 0 Å². The Morgan fingerprint density at radius 2 is 1.86 bits per heavy atom. The van der Waals surface area contributed by atoms with E-state index in [1.807, 2.05) is 9.80 Å². The van der Waals surface area contributed by atoms with Crippen molar-refractivity contribution in [3.05, 3.63) is 23.8 Å². The molecule has 6 nitrogen and oxygen atoms in total. The number of nitrogens with zero attached hydrogens (tertiary/aromatic N) is 4. The van der Waals surface area contributed by atoms with Crippen molar-refractivity contribution in [1.82, 2.24) is 19.8 Å². The Labute approximate surface area is 130 Å². The summed E-state index contributed by atoms with van der Waals surface area (Å²) in [6.07, 6.45) is 7.05. The average molecular weight is 302 g/mol. The van der Waals surface area contributed by atoms with Gasteiger partial charge in [0.25, 0.3) is 5.91 Å². The number of amides is 2. The summed E-state index contributed by atoms with van der Waals surface area (Å²) in [4.78, 5) is 36.4. The fourth-order valence-corrected chi connectivity index (χ4v) is 3.32. The number of rotatable bonds is 3. The number of carbonyl (C=O) groups is 2. The van der Waals surface area contributed by atoms with E-state index in [4.69, 9.17) is 0 Å². The van der Waals surface area contributed by atoms with Crippen LogP contribution < -0.4 is 0 Å². The molecule has 3 rings (SSSR count). The monoisotopic (exact) mass is 302 g/mol. The van der Waals surface area contributed by atoms with Crippen molar-refractivity contribution in [1.29, 1.82) is 0 Å². The maximum atomic E-state index is 12.6. The molecule has 0 aromatic carbocycles. The van der Waals surface area contributed by atoms with E-state index < -0.39 is 0 Å². The third-order valence-corrected chi connectivity index (χ3v) is 4.58. The van der Waals surface area contributed by atoms with Crippen LogP contribution in [0.25, 0.3) is 0 Å². The van der Waals surface area contributed by atoms with Gasteiger partial charge in [-0.15, -0.1) is 0 Å². The molecular formula is C16H22N4O2. The van der Waals surface area contributed by atoms with E-state index in [1.165, 1.54) is 0 Å². The molecule has 0 saturated carbocycles. The van der Waals surface area contributed by atoms with Crippen molar-refractivity contribution in [3.8, 4) is 0 Å². The minimum absolute atomic E-state index is 0.00187. The van der Waals surface area contributed by atoms with Gasteiger partial charge in [-0.3, -0.25) is 14.6 Å². The zero-order chi connectivity index (χ0) is 15.5. The highest BCUT2D eigenvalue weighted by molar-refractivity contribution is 5.93. The Morgan fingerprint density at radius 3 is 2.55 bits per heavy atom. The molecule has 1 atom stereocenters. The molecule has 2 amide bonds. The van der Waals surface area contributed by atoms with Crippen molar-refractivity contribution in [2.75, 3.05) is 26.2 Å². The Kier molecular flexibility index (Phi) is 4.36. The van der Waals surface area contributed by atoms with Gasteiger partial charge in [0.2, 0.25) is 5.91 Å². The first-order valence-corrected chi connectivity index (χ1v) is 8.00. The first-order chi connectivity index (χ1) is 10.6. The molecule has 0 N–H and O–H groups in total. The summed E-state index contributed by atoms with van der Waals surface area (Å²) in [5, 5.41) is 0. The molecule has 2 saturated heterocycles. The summed E-state index contributed by atoms with van der Waals surface area (Å²) in [6.45, 7) is 4.79. The van der Waals surface area contributed by atoms with Crippen LogP contribution >= 0.6 is 0 Å². The normalized spacial score (nSPS) is 21.4. The number of aromatic nitrogens is 2. The highest BCUT2D eigenvalue weighted by atomic mass is 16.2. The second-order valence-corrected chi connectivity index (χ2v) is 6.17. The molecule has 1 aromatic heterocycles. The maximum absolute atomic E-state index is 12.6. The molecule has 0 aliphatic carbocycles. The SMILES string of the molecule is CC(=O)N1CC[C@@H](Cc2nccnc2C(=O)N2CCCC2)C1. The number of carbonyl (C=O) groups excluding carboxylic acids is 2. The van der Waals surface area contributed by atoms with E-state index in [9.17, 15) is 9.59 Å². The predicted molar refractivity (Wildman–Crippen MR) is 81.2 cm³/mol. The van der Waals surface area contributed by atoms with Gasteiger partial charge in [-0.25, -0.2) is 4.98 Å². The summed E-state index contributed by atoms with van der Waals surface area (Å²) >= 11 is 0. The van der Waals surface area contributed by atoms with Gasteiger partial charge in [0.1, 0.15) is 5.69 Å². The molecule has 6 heteroatoms. The van der Waals surface area contributed by atoms with Gasteiger partial charge in [-0.05, 0) is 31.6 Å². The lowest BCUT2D eigenvalue weighted by molar-refractivity contribution is -0.127. The third-order valence-electron chi connectivity index (χ3n) is 4.58. The molecule has 2 aliphatic rings. The first kappa shape index (κ1) is 14.9. The molecule has 118 valence electrons. The molecule has 2 fully saturated rings. The highest BCUT2D eigenvalue weighted by Gasteiger charge is 2.28. The van der Waals surface area contributed by atoms with Crippen molar-refractivity contribution in [2.45, 2.75) is 32.6 Å². The largest absolute Gasteiger partial charge is 0.343 e. The van der Waals surface area contributed by atoms with Crippen LogP contribution in [0.15, 0.2) is 12.4 Å². The molecule has 2 aliphatic heterocycles. The fraction of sp³-hybridized carbons (Fsp3) is 0.625. The Balaban J connectivity index is 1.71. The van der Waals surface area contributed by atoms with Crippen LogP contribution in [-0.2, 0) is 11.2 Å². The van der Waals surface area contributed by atoms with Crippen molar-refractivity contribution in [2.24, 2.45) is 5.92 Å². The van der Waals surface area contributed by atoms with Gasteiger partial charge in [0.15, 0.2) is 0 Å².